The number of anilines is 1. The highest BCUT2D eigenvalue weighted by atomic mass is 19.4. The highest BCUT2D eigenvalue weighted by molar-refractivity contribution is 6.06. The van der Waals surface area contributed by atoms with Gasteiger partial charge in [0.15, 0.2) is 5.70 Å². The van der Waals surface area contributed by atoms with Crippen molar-refractivity contribution in [2.75, 3.05) is 5.32 Å². The Balaban J connectivity index is 2.08. The van der Waals surface area contributed by atoms with Gasteiger partial charge in [-0.3, -0.25) is 4.79 Å². The van der Waals surface area contributed by atoms with Gasteiger partial charge in [0, 0.05) is 23.0 Å². The van der Waals surface area contributed by atoms with Crippen molar-refractivity contribution in [3.8, 4) is 0 Å². The smallest absolute Gasteiger partial charge is 0.317 e. The summed E-state index contributed by atoms with van der Waals surface area (Å²) in [7, 11) is 0. The van der Waals surface area contributed by atoms with Crippen LogP contribution >= 0.6 is 0 Å². The number of carbonyl (C=O) groups is 1. The van der Waals surface area contributed by atoms with Crippen LogP contribution in [0.25, 0.3) is 0 Å². The van der Waals surface area contributed by atoms with Crippen molar-refractivity contribution in [3.05, 3.63) is 77.5 Å². The topological polar surface area (TPSA) is 69.6 Å². The summed E-state index contributed by atoms with van der Waals surface area (Å²) in [6, 6.07) is 13.7. The summed E-state index contributed by atoms with van der Waals surface area (Å²) in [5.41, 5.74) is 0.957. The van der Waals surface area contributed by atoms with Gasteiger partial charge in [0.25, 0.3) is 0 Å². The van der Waals surface area contributed by atoms with Crippen LogP contribution in [0, 0.1) is 5.41 Å². The van der Waals surface area contributed by atoms with Gasteiger partial charge >= 0.3 is 12.1 Å². The molecular weight excluding hydrogens is 343 g/mol. The quantitative estimate of drug-likeness (QED) is 0.535. The monoisotopic (exact) mass is 362 g/mol. The second-order valence-electron chi connectivity index (χ2n) is 5.71. The van der Waals surface area contributed by atoms with Crippen LogP contribution in [-0.4, -0.2) is 11.6 Å². The molecule has 0 heterocycles. The molecular formula is C19H19F3N3O+. The molecule has 4 N–H and O–H groups in total. The Hall–Kier alpha value is -2.93. The number of amides is 1. The summed E-state index contributed by atoms with van der Waals surface area (Å²) >= 11 is 0. The molecule has 0 unspecified atom stereocenters. The van der Waals surface area contributed by atoms with Gasteiger partial charge in [-0.2, -0.15) is 13.2 Å². The second-order valence-corrected chi connectivity index (χ2v) is 5.71. The van der Waals surface area contributed by atoms with E-state index in [0.29, 0.717) is 6.54 Å². The van der Waals surface area contributed by atoms with E-state index in [-0.39, 0.29) is 17.1 Å². The zero-order valence-electron chi connectivity index (χ0n) is 14.1. The van der Waals surface area contributed by atoms with Gasteiger partial charge < -0.3 is 16.0 Å². The fourth-order valence-electron chi connectivity index (χ4n) is 2.24. The van der Waals surface area contributed by atoms with Crippen LogP contribution in [0.2, 0.25) is 0 Å². The predicted octanol–water partition coefficient (Wildman–Crippen LogP) is 3.33. The van der Waals surface area contributed by atoms with Crippen molar-refractivity contribution < 1.29 is 23.3 Å². The molecule has 0 saturated heterocycles. The van der Waals surface area contributed by atoms with Gasteiger partial charge in [-0.15, -0.1) is 0 Å². The summed E-state index contributed by atoms with van der Waals surface area (Å²) in [6.07, 6.45) is -3.00. The zero-order valence-corrected chi connectivity index (χ0v) is 14.1. The van der Waals surface area contributed by atoms with Gasteiger partial charge in [0.1, 0.15) is 6.54 Å². The molecule has 0 aliphatic heterocycles. The number of rotatable bonds is 6. The molecule has 0 bridgehead atoms. The molecule has 1 amide bonds. The van der Waals surface area contributed by atoms with Crippen molar-refractivity contribution in [2.45, 2.75) is 19.6 Å². The minimum absolute atomic E-state index is 0.201. The number of hydrogen-bond donors (Lipinski definition) is 3. The summed E-state index contributed by atoms with van der Waals surface area (Å²) < 4.78 is 37.8. The average molecular weight is 362 g/mol. The standard InChI is InChI=1S/C19H18F3N3O/c1-13(23)11-17(24-12-14-5-3-2-4-6-14)18(26)25-16-9-7-15(8-10-16)19(20,21)22/h2-11,23-24H,12H2,1H3,(H,25,26)/p+1/b17-11-,23-13?. The summed E-state index contributed by atoms with van der Waals surface area (Å²) in [6.45, 7) is 2.04. The lowest BCUT2D eigenvalue weighted by molar-refractivity contribution is -0.616. The first kappa shape index (κ1) is 19.4. The minimum atomic E-state index is -4.42. The molecule has 0 aliphatic carbocycles. The maximum Gasteiger partial charge on any atom is 0.416 e. The highest BCUT2D eigenvalue weighted by Gasteiger charge is 2.30. The van der Waals surface area contributed by atoms with Crippen LogP contribution in [0.5, 0.6) is 0 Å². The molecule has 136 valence electrons. The molecule has 0 saturated carbocycles. The Bertz CT molecular complexity index is 797. The fourth-order valence-corrected chi connectivity index (χ4v) is 2.24. The predicted molar refractivity (Wildman–Crippen MR) is 93.6 cm³/mol. The number of benzene rings is 2. The lowest BCUT2D eigenvalue weighted by atomic mass is 10.2. The van der Waals surface area contributed by atoms with Crippen LogP contribution < -0.4 is 10.6 Å². The first-order valence-corrected chi connectivity index (χ1v) is 7.88. The minimum Gasteiger partial charge on any atom is -0.317 e. The molecule has 0 aliphatic rings. The molecule has 26 heavy (non-hydrogen) atoms. The van der Waals surface area contributed by atoms with Crippen LogP contribution in [-0.2, 0) is 17.5 Å². The van der Waals surface area contributed by atoms with Crippen LogP contribution in [0.1, 0.15) is 18.1 Å². The van der Waals surface area contributed by atoms with E-state index in [1.165, 1.54) is 18.2 Å². The van der Waals surface area contributed by atoms with Gasteiger partial charge in [-0.1, -0.05) is 30.3 Å². The third kappa shape index (κ3) is 5.86. The lowest BCUT2D eigenvalue weighted by Crippen LogP contribution is -2.82. The van der Waals surface area contributed by atoms with Crippen molar-refractivity contribution >= 4 is 17.3 Å². The van der Waals surface area contributed by atoms with Crippen LogP contribution in [0.15, 0.2) is 66.4 Å². The number of nitrogens with two attached hydrogens (primary N) is 1. The van der Waals surface area contributed by atoms with Crippen molar-refractivity contribution in [1.29, 1.82) is 5.41 Å². The van der Waals surface area contributed by atoms with Crippen molar-refractivity contribution in [1.82, 2.24) is 0 Å². The van der Waals surface area contributed by atoms with E-state index in [4.69, 9.17) is 5.41 Å². The number of nitrogens with one attached hydrogen (secondary N) is 2. The molecule has 0 aromatic heterocycles. The van der Waals surface area contributed by atoms with Gasteiger partial charge in [0.05, 0.1) is 5.56 Å². The Morgan fingerprint density at radius 1 is 1.12 bits per heavy atom. The SMILES string of the molecule is CC(=N)/C=C(\[NH2+]Cc1ccccc1)C(=O)Nc1ccc(C(F)(F)F)cc1. The molecule has 2 rings (SSSR count). The number of alkyl halides is 3. The van der Waals surface area contributed by atoms with Crippen molar-refractivity contribution in [2.24, 2.45) is 0 Å². The Morgan fingerprint density at radius 3 is 2.27 bits per heavy atom. The lowest BCUT2D eigenvalue weighted by Gasteiger charge is -2.10. The van der Waals surface area contributed by atoms with Gasteiger partial charge in [-0.25, -0.2) is 0 Å². The van der Waals surface area contributed by atoms with Gasteiger partial charge in [0.2, 0.25) is 0 Å². The number of carbonyl (C=O) groups excluding carboxylic acids is 1. The maximum absolute atomic E-state index is 12.6. The Kier molecular flexibility index (Phi) is 6.30. The average Bonchev–Trinajstić information content (AvgIpc) is 2.59. The Morgan fingerprint density at radius 2 is 1.73 bits per heavy atom. The van der Waals surface area contributed by atoms with Crippen molar-refractivity contribution in [3.63, 3.8) is 0 Å². The summed E-state index contributed by atoms with van der Waals surface area (Å²) in [5, 5.41) is 11.8. The fraction of sp³-hybridized carbons (Fsp3) is 0.158. The highest BCUT2D eigenvalue weighted by Crippen LogP contribution is 2.29. The third-order valence-corrected chi connectivity index (χ3v) is 3.50. The maximum atomic E-state index is 12.6. The Labute approximate surface area is 149 Å². The van der Waals surface area contributed by atoms with Crippen LogP contribution in [0.3, 0.4) is 0 Å². The van der Waals surface area contributed by atoms with Gasteiger partial charge in [-0.05, 0) is 31.2 Å². The molecule has 2 aromatic rings. The normalized spacial score (nSPS) is 11.9. The molecule has 0 fully saturated rings. The summed E-state index contributed by atoms with van der Waals surface area (Å²) in [5.74, 6) is -0.479. The molecule has 7 heteroatoms. The third-order valence-electron chi connectivity index (χ3n) is 3.50. The second kappa shape index (κ2) is 8.44. The van der Waals surface area contributed by atoms with E-state index in [2.05, 4.69) is 5.32 Å². The number of hydrogen-bond acceptors (Lipinski definition) is 2. The zero-order chi connectivity index (χ0) is 19.2. The molecule has 0 atom stereocenters. The van der Waals surface area contributed by atoms with E-state index in [9.17, 15) is 18.0 Å². The molecule has 0 radical (unpaired) electrons. The first-order chi connectivity index (χ1) is 12.3. The van der Waals surface area contributed by atoms with E-state index in [0.717, 1.165) is 17.7 Å². The number of quaternary nitrogens is 1. The number of allylic oxidation sites excluding steroid dienone is 1. The van der Waals surface area contributed by atoms with E-state index >= 15 is 0 Å². The summed E-state index contributed by atoms with van der Waals surface area (Å²) in [4.78, 5) is 12.4. The molecule has 4 nitrogen and oxygen atoms in total. The van der Waals surface area contributed by atoms with E-state index in [1.54, 1.807) is 12.2 Å². The largest absolute Gasteiger partial charge is 0.416 e. The van der Waals surface area contributed by atoms with E-state index < -0.39 is 17.6 Å². The molecule has 2 aromatic carbocycles. The molecule has 0 spiro atoms. The first-order valence-electron chi connectivity index (χ1n) is 7.88. The van der Waals surface area contributed by atoms with E-state index in [1.807, 2.05) is 30.3 Å². The number of halogens is 3. The van der Waals surface area contributed by atoms with Crippen LogP contribution in [0.4, 0.5) is 18.9 Å².